The Balaban J connectivity index is 3.35. The van der Waals surface area contributed by atoms with Gasteiger partial charge < -0.3 is 5.32 Å². The molecule has 80 valence electrons. The van der Waals surface area contributed by atoms with Crippen LogP contribution in [-0.4, -0.2) is 25.2 Å². The topological polar surface area (TPSA) is 84.1 Å². The van der Waals surface area contributed by atoms with Crippen molar-refractivity contribution in [3.8, 4) is 0 Å². The summed E-state index contributed by atoms with van der Waals surface area (Å²) in [5.41, 5.74) is 0. The Hall–Kier alpha value is -1.39. The first-order valence-corrected chi connectivity index (χ1v) is 4.85. The normalized spacial score (nSPS) is 9.21. The van der Waals surface area contributed by atoms with Gasteiger partial charge in [-0.15, -0.1) is 0 Å². The van der Waals surface area contributed by atoms with E-state index in [-0.39, 0.29) is 11.9 Å². The lowest BCUT2D eigenvalue weighted by Gasteiger charge is -2.07. The van der Waals surface area contributed by atoms with Gasteiger partial charge >= 0.3 is 0 Å². The van der Waals surface area contributed by atoms with E-state index < -0.39 is 0 Å². The molecule has 0 rings (SSSR count). The van der Waals surface area contributed by atoms with Crippen molar-refractivity contribution in [2.24, 2.45) is 4.99 Å². The van der Waals surface area contributed by atoms with Crippen LogP contribution >= 0.6 is 0 Å². The molecule has 0 amide bonds. The number of rotatable bonds is 5. The van der Waals surface area contributed by atoms with E-state index in [9.17, 15) is 0 Å². The lowest BCUT2D eigenvalue weighted by atomic mass is 10.2. The maximum absolute atomic E-state index is 7.35. The first-order chi connectivity index (χ1) is 6.70. The Morgan fingerprint density at radius 3 is 2.57 bits per heavy atom. The molecule has 0 aromatic carbocycles. The van der Waals surface area contributed by atoms with Crippen LogP contribution in [0.2, 0.25) is 0 Å². The van der Waals surface area contributed by atoms with E-state index in [0.717, 1.165) is 13.0 Å². The second kappa shape index (κ2) is 8.22. The van der Waals surface area contributed by atoms with E-state index in [1.807, 2.05) is 0 Å². The molecule has 0 aromatic rings. The van der Waals surface area contributed by atoms with E-state index in [4.69, 9.17) is 10.8 Å². The first kappa shape index (κ1) is 12.6. The maximum atomic E-state index is 7.35. The molecule has 0 saturated heterocycles. The van der Waals surface area contributed by atoms with Crippen LogP contribution in [0, 0.1) is 10.8 Å². The minimum Gasteiger partial charge on any atom is -0.356 e. The van der Waals surface area contributed by atoms with Crippen molar-refractivity contribution in [1.82, 2.24) is 10.6 Å². The highest BCUT2D eigenvalue weighted by Crippen LogP contribution is 1.96. The third-order valence-electron chi connectivity index (χ3n) is 1.73. The van der Waals surface area contributed by atoms with E-state index in [2.05, 4.69) is 29.3 Å². The molecule has 0 heterocycles. The summed E-state index contributed by atoms with van der Waals surface area (Å²) >= 11 is 0. The van der Waals surface area contributed by atoms with Gasteiger partial charge in [0.2, 0.25) is 5.96 Å². The smallest absolute Gasteiger partial charge is 0.221 e. The molecule has 4 N–H and O–H groups in total. The molecule has 5 nitrogen and oxygen atoms in total. The maximum Gasteiger partial charge on any atom is 0.221 e. The van der Waals surface area contributed by atoms with Crippen molar-refractivity contribution in [2.45, 2.75) is 32.6 Å². The summed E-state index contributed by atoms with van der Waals surface area (Å²) in [6.45, 7) is 6.09. The van der Waals surface area contributed by atoms with Gasteiger partial charge in [0.05, 0.1) is 0 Å². The molecule has 0 aliphatic heterocycles. The number of nitrogens with zero attached hydrogens (tertiary/aromatic N) is 1. The average molecular weight is 197 g/mol. The van der Waals surface area contributed by atoms with E-state index in [1.165, 1.54) is 19.3 Å². The molecule has 14 heavy (non-hydrogen) atoms. The molecule has 0 spiro atoms. The lowest BCUT2D eigenvalue weighted by Crippen LogP contribution is -2.39. The predicted molar refractivity (Wildman–Crippen MR) is 60.3 cm³/mol. The summed E-state index contributed by atoms with van der Waals surface area (Å²) in [6, 6.07) is 0. The molecule has 0 aromatic heterocycles. The summed E-state index contributed by atoms with van der Waals surface area (Å²) in [4.78, 5) is 3.33. The van der Waals surface area contributed by atoms with Crippen molar-refractivity contribution < 1.29 is 0 Å². The minimum absolute atomic E-state index is 0.101. The van der Waals surface area contributed by atoms with E-state index in [0.29, 0.717) is 0 Å². The molecular weight excluding hydrogens is 178 g/mol. The number of guanidine groups is 2. The van der Waals surface area contributed by atoms with Crippen LogP contribution in [0.25, 0.3) is 0 Å². The quantitative estimate of drug-likeness (QED) is 0.304. The van der Waals surface area contributed by atoms with Crippen molar-refractivity contribution >= 4 is 18.6 Å². The lowest BCUT2D eigenvalue weighted by molar-refractivity contribution is 0.650. The van der Waals surface area contributed by atoms with Gasteiger partial charge in [-0.2, -0.15) is 0 Å². The third kappa shape index (κ3) is 7.27. The molecule has 0 aliphatic carbocycles. The van der Waals surface area contributed by atoms with Crippen LogP contribution in [0.3, 0.4) is 0 Å². The Labute approximate surface area is 85.0 Å². The van der Waals surface area contributed by atoms with Crippen LogP contribution in [0.1, 0.15) is 32.6 Å². The van der Waals surface area contributed by atoms with E-state index in [1.54, 1.807) is 0 Å². The summed E-state index contributed by atoms with van der Waals surface area (Å²) in [5, 5.41) is 19.7. The van der Waals surface area contributed by atoms with Crippen LogP contribution in [0.5, 0.6) is 0 Å². The van der Waals surface area contributed by atoms with E-state index >= 15 is 0 Å². The van der Waals surface area contributed by atoms with Crippen LogP contribution in [0.15, 0.2) is 4.99 Å². The molecule has 0 fully saturated rings. The SMILES string of the molecule is C=NC(=N)NC(=N)NCCCCCC. The second-order valence-corrected chi connectivity index (χ2v) is 2.99. The number of aliphatic imine (C=N–C) groups is 1. The van der Waals surface area contributed by atoms with Crippen LogP contribution in [0.4, 0.5) is 0 Å². The largest absolute Gasteiger partial charge is 0.356 e. The predicted octanol–water partition coefficient (Wildman–Crippen LogP) is 1.32. The van der Waals surface area contributed by atoms with Gasteiger partial charge in [0, 0.05) is 6.54 Å². The van der Waals surface area contributed by atoms with Crippen molar-refractivity contribution in [1.29, 1.82) is 10.8 Å². The molecule has 0 atom stereocenters. The van der Waals surface area contributed by atoms with Crippen molar-refractivity contribution in [3.63, 3.8) is 0 Å². The molecule has 0 radical (unpaired) electrons. The summed E-state index contributed by atoms with van der Waals surface area (Å²) < 4.78 is 0. The number of unbranched alkanes of at least 4 members (excludes halogenated alkanes) is 3. The molecule has 0 bridgehead atoms. The number of nitrogens with one attached hydrogen (secondary N) is 4. The van der Waals surface area contributed by atoms with Gasteiger partial charge in [0.25, 0.3) is 0 Å². The van der Waals surface area contributed by atoms with Gasteiger partial charge in [0.1, 0.15) is 0 Å². The van der Waals surface area contributed by atoms with Gasteiger partial charge in [-0.3, -0.25) is 16.1 Å². The summed E-state index contributed by atoms with van der Waals surface area (Å²) in [5.74, 6) is 0.00922. The zero-order valence-corrected chi connectivity index (χ0v) is 8.69. The minimum atomic E-state index is -0.101. The highest BCUT2D eigenvalue weighted by Gasteiger charge is 1.96. The molecule has 5 heteroatoms. The van der Waals surface area contributed by atoms with Crippen molar-refractivity contribution in [2.75, 3.05) is 6.54 Å². The number of hydrogen-bond donors (Lipinski definition) is 4. The van der Waals surface area contributed by atoms with Crippen LogP contribution in [-0.2, 0) is 0 Å². The highest BCUT2D eigenvalue weighted by atomic mass is 15.2. The zero-order chi connectivity index (χ0) is 10.8. The number of hydrogen-bond acceptors (Lipinski definition) is 2. The van der Waals surface area contributed by atoms with Gasteiger partial charge in [-0.1, -0.05) is 26.2 Å². The summed E-state index contributed by atoms with van der Waals surface area (Å²) in [6.07, 6.45) is 4.66. The fourth-order valence-corrected chi connectivity index (χ4v) is 0.967. The highest BCUT2D eigenvalue weighted by molar-refractivity contribution is 5.97. The Bertz CT molecular complexity index is 199. The van der Waals surface area contributed by atoms with Crippen LogP contribution < -0.4 is 10.6 Å². The summed E-state index contributed by atoms with van der Waals surface area (Å²) in [7, 11) is 0. The third-order valence-corrected chi connectivity index (χ3v) is 1.73. The van der Waals surface area contributed by atoms with Gasteiger partial charge in [-0.05, 0) is 13.1 Å². The van der Waals surface area contributed by atoms with Gasteiger partial charge in [0.15, 0.2) is 5.96 Å². The zero-order valence-electron chi connectivity index (χ0n) is 8.69. The molecule has 0 saturated carbocycles. The Kier molecular flexibility index (Phi) is 7.40. The fourth-order valence-electron chi connectivity index (χ4n) is 0.967. The molecule has 0 unspecified atom stereocenters. The second-order valence-electron chi connectivity index (χ2n) is 2.99. The monoisotopic (exact) mass is 197 g/mol. The molecule has 0 aliphatic rings. The van der Waals surface area contributed by atoms with Crippen molar-refractivity contribution in [3.05, 3.63) is 0 Å². The molecular formula is C9H19N5. The average Bonchev–Trinajstić information content (AvgIpc) is 2.17. The van der Waals surface area contributed by atoms with Gasteiger partial charge in [-0.25, -0.2) is 4.99 Å². The Morgan fingerprint density at radius 2 is 2.00 bits per heavy atom. The fraction of sp³-hybridized carbons (Fsp3) is 0.667. The standard InChI is InChI=1S/C9H19N5/c1-3-4-5-6-7-13-9(11)14-8(10)12-2/h2-7H2,1H3,(H4,10,11,13,14). The Morgan fingerprint density at radius 1 is 1.29 bits per heavy atom. The first-order valence-electron chi connectivity index (χ1n) is 4.85.